The average molecular weight is 260 g/mol. The van der Waals surface area contributed by atoms with E-state index in [2.05, 4.69) is 5.32 Å². The van der Waals surface area contributed by atoms with Gasteiger partial charge in [-0.25, -0.2) is 8.78 Å². The number of halogens is 3. The molecule has 1 saturated heterocycles. The molecule has 1 atom stereocenters. The Bertz CT molecular complexity index is 460. The average Bonchev–Trinajstić information content (AvgIpc) is 2.29. The van der Waals surface area contributed by atoms with Crippen molar-refractivity contribution in [2.75, 3.05) is 18.5 Å². The fraction of sp³-hybridized carbons (Fsp3) is 0.500. The maximum Gasteiger partial charge on any atom is 0.282 e. The highest BCUT2D eigenvalue weighted by Gasteiger charge is 2.61. The Morgan fingerprint density at radius 3 is 2.71 bits per heavy atom. The molecule has 5 heteroatoms. The summed E-state index contributed by atoms with van der Waals surface area (Å²) in [7, 11) is 0. The van der Waals surface area contributed by atoms with E-state index in [-0.39, 0.29) is 13.0 Å². The van der Waals surface area contributed by atoms with Crippen molar-refractivity contribution < 1.29 is 13.5 Å². The van der Waals surface area contributed by atoms with E-state index >= 15 is 0 Å². The molecular formula is C12H12ClF2NO. The first-order valence-corrected chi connectivity index (χ1v) is 5.99. The van der Waals surface area contributed by atoms with Crippen molar-refractivity contribution in [3.63, 3.8) is 0 Å². The zero-order chi connectivity index (χ0) is 12.1. The van der Waals surface area contributed by atoms with Gasteiger partial charge in [0.1, 0.15) is 0 Å². The lowest BCUT2D eigenvalue weighted by atomic mass is 9.79. The third-order valence-electron chi connectivity index (χ3n) is 3.56. The number of alkyl halides is 2. The summed E-state index contributed by atoms with van der Waals surface area (Å²) >= 11 is 5.90. The maximum atomic E-state index is 14.2. The predicted molar refractivity (Wildman–Crippen MR) is 61.8 cm³/mol. The summed E-state index contributed by atoms with van der Waals surface area (Å²) in [6.07, 6.45) is 0.119. The van der Waals surface area contributed by atoms with Crippen LogP contribution in [-0.2, 0) is 10.3 Å². The van der Waals surface area contributed by atoms with E-state index < -0.39 is 11.5 Å². The Labute approximate surface area is 103 Å². The molecule has 1 spiro atoms. The Morgan fingerprint density at radius 1 is 1.29 bits per heavy atom. The highest BCUT2D eigenvalue weighted by atomic mass is 35.5. The van der Waals surface area contributed by atoms with Crippen molar-refractivity contribution >= 4 is 17.3 Å². The highest BCUT2D eigenvalue weighted by molar-refractivity contribution is 6.30. The fourth-order valence-electron chi connectivity index (χ4n) is 2.56. The van der Waals surface area contributed by atoms with Crippen LogP contribution in [0.1, 0.15) is 18.4 Å². The Balaban J connectivity index is 2.19. The van der Waals surface area contributed by atoms with Crippen LogP contribution in [0, 0.1) is 0 Å². The van der Waals surface area contributed by atoms with E-state index in [9.17, 15) is 8.78 Å². The summed E-state index contributed by atoms with van der Waals surface area (Å²) < 4.78 is 33.6. The Morgan fingerprint density at radius 2 is 2.06 bits per heavy atom. The van der Waals surface area contributed by atoms with Gasteiger partial charge in [-0.1, -0.05) is 11.6 Å². The van der Waals surface area contributed by atoms with Crippen LogP contribution in [0.15, 0.2) is 18.2 Å². The quantitative estimate of drug-likeness (QED) is 0.771. The standard InChI is InChI=1S/C12H12ClF2NO/c13-8-1-2-10-9(7-8)11(4-6-17-11)12(14,15)3-5-16-10/h1-2,7,16H,3-6H2. The highest BCUT2D eigenvalue weighted by Crippen LogP contribution is 2.54. The van der Waals surface area contributed by atoms with Crippen molar-refractivity contribution in [1.82, 2.24) is 0 Å². The first-order valence-electron chi connectivity index (χ1n) is 5.61. The molecule has 1 aromatic rings. The molecule has 1 unspecified atom stereocenters. The number of nitrogens with one attached hydrogen (secondary N) is 1. The lowest BCUT2D eigenvalue weighted by Gasteiger charge is -2.46. The molecular weight excluding hydrogens is 248 g/mol. The smallest absolute Gasteiger partial charge is 0.282 e. The van der Waals surface area contributed by atoms with Crippen molar-refractivity contribution in [3.8, 4) is 0 Å². The van der Waals surface area contributed by atoms with E-state index in [4.69, 9.17) is 16.3 Å². The van der Waals surface area contributed by atoms with E-state index in [1.54, 1.807) is 18.2 Å². The molecule has 0 bridgehead atoms. The van der Waals surface area contributed by atoms with Crippen molar-refractivity contribution in [2.24, 2.45) is 0 Å². The van der Waals surface area contributed by atoms with E-state index in [1.807, 2.05) is 0 Å². The van der Waals surface area contributed by atoms with E-state index in [1.165, 1.54) is 0 Å². The molecule has 3 rings (SSSR count). The topological polar surface area (TPSA) is 21.3 Å². The molecule has 1 N–H and O–H groups in total. The second-order valence-electron chi connectivity index (χ2n) is 4.50. The minimum atomic E-state index is -2.85. The van der Waals surface area contributed by atoms with Gasteiger partial charge in [0.15, 0.2) is 5.60 Å². The number of rotatable bonds is 0. The van der Waals surface area contributed by atoms with Crippen LogP contribution in [0.25, 0.3) is 0 Å². The monoisotopic (exact) mass is 259 g/mol. The Kier molecular flexibility index (Phi) is 2.35. The van der Waals surface area contributed by atoms with Crippen molar-refractivity contribution in [2.45, 2.75) is 24.4 Å². The molecule has 1 fully saturated rings. The van der Waals surface area contributed by atoms with Crippen LogP contribution in [0.2, 0.25) is 5.02 Å². The van der Waals surface area contributed by atoms with Gasteiger partial charge in [0.2, 0.25) is 0 Å². The lowest BCUT2D eigenvalue weighted by molar-refractivity contribution is -0.279. The predicted octanol–water partition coefficient (Wildman–Crippen LogP) is 3.41. The van der Waals surface area contributed by atoms with Gasteiger partial charge in [-0.2, -0.15) is 0 Å². The molecule has 2 aliphatic heterocycles. The van der Waals surface area contributed by atoms with Crippen LogP contribution in [0.5, 0.6) is 0 Å². The molecule has 0 amide bonds. The molecule has 2 nitrogen and oxygen atoms in total. The molecule has 0 radical (unpaired) electrons. The van der Waals surface area contributed by atoms with Crippen LogP contribution in [-0.4, -0.2) is 19.1 Å². The van der Waals surface area contributed by atoms with Gasteiger partial charge >= 0.3 is 0 Å². The lowest BCUT2D eigenvalue weighted by Crippen LogP contribution is -2.54. The van der Waals surface area contributed by atoms with E-state index in [0.717, 1.165) is 0 Å². The van der Waals surface area contributed by atoms with Gasteiger partial charge in [0, 0.05) is 35.7 Å². The molecule has 17 heavy (non-hydrogen) atoms. The van der Waals surface area contributed by atoms with Crippen LogP contribution < -0.4 is 5.32 Å². The third-order valence-corrected chi connectivity index (χ3v) is 3.80. The first kappa shape index (κ1) is 11.2. The number of benzene rings is 1. The summed E-state index contributed by atoms with van der Waals surface area (Å²) in [6.45, 7) is 0.619. The van der Waals surface area contributed by atoms with Crippen molar-refractivity contribution in [1.29, 1.82) is 0 Å². The van der Waals surface area contributed by atoms with Gasteiger partial charge < -0.3 is 10.1 Å². The number of fused-ring (bicyclic) bond motifs is 2. The SMILES string of the molecule is FC1(F)CCNc2ccc(Cl)cc2C12CCO2. The van der Waals surface area contributed by atoms with Crippen molar-refractivity contribution in [3.05, 3.63) is 28.8 Å². The Hall–Kier alpha value is -0.870. The summed E-state index contributed by atoms with van der Waals surface area (Å²) in [6, 6.07) is 5.02. The fourth-order valence-corrected chi connectivity index (χ4v) is 2.74. The zero-order valence-corrected chi connectivity index (χ0v) is 9.86. The molecule has 1 aromatic carbocycles. The molecule has 92 valence electrons. The summed E-state index contributed by atoms with van der Waals surface area (Å²) in [4.78, 5) is 0. The van der Waals surface area contributed by atoms with Gasteiger partial charge in [-0.05, 0) is 18.2 Å². The molecule has 2 aliphatic rings. The minimum Gasteiger partial charge on any atom is -0.385 e. The largest absolute Gasteiger partial charge is 0.385 e. The number of ether oxygens (including phenoxy) is 1. The summed E-state index contributed by atoms with van der Waals surface area (Å²) in [5.74, 6) is -2.85. The minimum absolute atomic E-state index is 0.223. The van der Waals surface area contributed by atoms with Gasteiger partial charge in [0.05, 0.1) is 6.61 Å². The number of anilines is 1. The van der Waals surface area contributed by atoms with Crippen LogP contribution in [0.3, 0.4) is 0 Å². The van der Waals surface area contributed by atoms with Gasteiger partial charge in [-0.15, -0.1) is 0 Å². The molecule has 0 aromatic heterocycles. The van der Waals surface area contributed by atoms with Crippen LogP contribution >= 0.6 is 11.6 Å². The first-order chi connectivity index (χ1) is 8.05. The summed E-state index contributed by atoms with van der Waals surface area (Å²) in [5.41, 5.74) is -0.290. The maximum absolute atomic E-state index is 14.2. The van der Waals surface area contributed by atoms with Crippen LogP contribution in [0.4, 0.5) is 14.5 Å². The molecule has 0 aliphatic carbocycles. The number of hydrogen-bond donors (Lipinski definition) is 1. The number of hydrogen-bond acceptors (Lipinski definition) is 2. The zero-order valence-electron chi connectivity index (χ0n) is 9.10. The summed E-state index contributed by atoms with van der Waals surface area (Å²) in [5, 5.41) is 3.47. The molecule has 2 heterocycles. The van der Waals surface area contributed by atoms with Gasteiger partial charge in [0.25, 0.3) is 5.92 Å². The third kappa shape index (κ3) is 1.47. The van der Waals surface area contributed by atoms with Gasteiger partial charge in [-0.3, -0.25) is 0 Å². The molecule has 0 saturated carbocycles. The second kappa shape index (κ2) is 3.56. The second-order valence-corrected chi connectivity index (χ2v) is 4.93. The normalized spacial score (nSPS) is 30.1. The van der Waals surface area contributed by atoms with E-state index in [0.29, 0.717) is 29.3 Å².